The number of amides is 1. The molecule has 162 valence electrons. The van der Waals surface area contributed by atoms with Crippen LogP contribution in [0.5, 0.6) is 0 Å². The molecule has 1 aromatic carbocycles. The Labute approximate surface area is 190 Å². The largest absolute Gasteiger partial charge is 0.356 e. The molecule has 1 saturated heterocycles. The van der Waals surface area contributed by atoms with E-state index in [1.54, 1.807) is 23.1 Å². The van der Waals surface area contributed by atoms with Crippen LogP contribution in [0, 0.1) is 0 Å². The summed E-state index contributed by atoms with van der Waals surface area (Å²) in [6.07, 6.45) is 2.25. The van der Waals surface area contributed by atoms with Crippen molar-refractivity contribution in [2.24, 2.45) is 0 Å². The van der Waals surface area contributed by atoms with Crippen molar-refractivity contribution >= 4 is 39.0 Å². The number of H-pyrrole nitrogens is 1. The summed E-state index contributed by atoms with van der Waals surface area (Å²) in [4.78, 5) is 19.8. The Morgan fingerprint density at radius 3 is 2.61 bits per heavy atom. The quantitative estimate of drug-likeness (QED) is 0.628. The van der Waals surface area contributed by atoms with E-state index in [-0.39, 0.29) is 16.8 Å². The maximum absolute atomic E-state index is 13.5. The van der Waals surface area contributed by atoms with Crippen molar-refractivity contribution in [3.63, 3.8) is 0 Å². The summed E-state index contributed by atoms with van der Waals surface area (Å²) in [6, 6.07) is 13.4. The van der Waals surface area contributed by atoms with Crippen LogP contribution in [0.4, 0.5) is 0 Å². The number of benzene rings is 1. The summed E-state index contributed by atoms with van der Waals surface area (Å²) >= 11 is 3.48. The molecule has 5 rings (SSSR count). The maximum Gasteiger partial charge on any atom is 0.271 e. The van der Waals surface area contributed by atoms with Crippen LogP contribution in [-0.4, -0.2) is 59.7 Å². The lowest BCUT2D eigenvalue weighted by atomic mass is 9.93. The van der Waals surface area contributed by atoms with Crippen molar-refractivity contribution in [3.05, 3.63) is 75.7 Å². The minimum Gasteiger partial charge on any atom is -0.356 e. The first-order chi connectivity index (χ1) is 15.1. The zero-order valence-electron chi connectivity index (χ0n) is 16.9. The number of nitrogens with zero attached hydrogens (tertiary/aromatic N) is 2. The zero-order chi connectivity index (χ0) is 21.4. The van der Waals surface area contributed by atoms with E-state index >= 15 is 0 Å². The van der Waals surface area contributed by atoms with Crippen molar-refractivity contribution in [1.29, 1.82) is 0 Å². The summed E-state index contributed by atoms with van der Waals surface area (Å²) in [5.41, 5.74) is 2.52. The molecule has 0 bridgehead atoms. The highest BCUT2D eigenvalue weighted by molar-refractivity contribution is 7.99. The summed E-state index contributed by atoms with van der Waals surface area (Å²) in [6.45, 7) is 1.60. The first-order valence-corrected chi connectivity index (χ1v) is 13.7. The summed E-state index contributed by atoms with van der Waals surface area (Å²) < 4.78 is 27.5. The topological polar surface area (TPSA) is 73.5 Å². The Morgan fingerprint density at radius 1 is 1.06 bits per heavy atom. The Balaban J connectivity index is 1.46. The number of sulfonamides is 1. The second-order valence-corrected chi connectivity index (χ2v) is 11.8. The summed E-state index contributed by atoms with van der Waals surface area (Å²) in [5, 5.41) is 2.07. The van der Waals surface area contributed by atoms with Crippen molar-refractivity contribution in [3.8, 4) is 0 Å². The number of thioether (sulfide) groups is 1. The molecular formula is C22H23N3O3S3. The predicted octanol–water partition coefficient (Wildman–Crippen LogP) is 3.60. The second kappa shape index (κ2) is 8.46. The van der Waals surface area contributed by atoms with E-state index < -0.39 is 10.0 Å². The zero-order valence-corrected chi connectivity index (χ0v) is 19.3. The van der Waals surface area contributed by atoms with Crippen LogP contribution in [0.25, 0.3) is 0 Å². The molecule has 6 nitrogen and oxygen atoms in total. The second-order valence-electron chi connectivity index (χ2n) is 7.63. The number of hydrogen-bond acceptors (Lipinski definition) is 5. The predicted molar refractivity (Wildman–Crippen MR) is 124 cm³/mol. The fourth-order valence-corrected chi connectivity index (χ4v) is 7.74. The first-order valence-electron chi connectivity index (χ1n) is 10.2. The number of nitrogens with one attached hydrogen (secondary N) is 1. The molecule has 1 N–H and O–H groups in total. The fourth-order valence-electron chi connectivity index (χ4n) is 4.27. The van der Waals surface area contributed by atoms with Crippen LogP contribution in [0.15, 0.2) is 58.9 Å². The van der Waals surface area contributed by atoms with Crippen molar-refractivity contribution < 1.29 is 13.2 Å². The third kappa shape index (κ3) is 3.84. The Morgan fingerprint density at radius 2 is 1.84 bits per heavy atom. The highest BCUT2D eigenvalue weighted by Crippen LogP contribution is 2.38. The number of aromatic nitrogens is 1. The molecule has 2 aromatic heterocycles. The molecule has 1 atom stereocenters. The molecule has 1 unspecified atom stereocenters. The first kappa shape index (κ1) is 20.8. The molecule has 1 fully saturated rings. The minimum absolute atomic E-state index is 0.159. The molecule has 0 saturated carbocycles. The van der Waals surface area contributed by atoms with Gasteiger partial charge in [-0.3, -0.25) is 4.79 Å². The van der Waals surface area contributed by atoms with E-state index in [2.05, 4.69) is 16.4 Å². The standard InChI is InChI=1S/C22H23N3O3S3/c26-22(19-14-17(15-23-19)31(27,28)24-9-12-29-13-10-24)25-8-6-20-18(7-11-30-20)21(25)16-4-2-1-3-5-16/h1-5,7,11,14-15,21,23H,6,8-10,12-13H2. The van der Waals surface area contributed by atoms with Crippen LogP contribution in [0.3, 0.4) is 0 Å². The molecular weight excluding hydrogens is 450 g/mol. The fraction of sp³-hybridized carbons (Fsp3) is 0.318. The van der Waals surface area contributed by atoms with Gasteiger partial charge in [0.2, 0.25) is 10.0 Å². The lowest BCUT2D eigenvalue weighted by Gasteiger charge is -2.36. The van der Waals surface area contributed by atoms with Crippen LogP contribution in [0.1, 0.15) is 32.5 Å². The lowest BCUT2D eigenvalue weighted by Crippen LogP contribution is -2.40. The van der Waals surface area contributed by atoms with Gasteiger partial charge in [0, 0.05) is 42.2 Å². The van der Waals surface area contributed by atoms with E-state index in [1.807, 2.05) is 35.2 Å². The van der Waals surface area contributed by atoms with Gasteiger partial charge in [0.25, 0.3) is 5.91 Å². The number of rotatable bonds is 4. The van der Waals surface area contributed by atoms with Gasteiger partial charge in [0.15, 0.2) is 0 Å². The van der Waals surface area contributed by atoms with Gasteiger partial charge in [-0.1, -0.05) is 30.3 Å². The molecule has 0 spiro atoms. The molecule has 1 amide bonds. The van der Waals surface area contributed by atoms with Gasteiger partial charge < -0.3 is 9.88 Å². The number of hydrogen-bond donors (Lipinski definition) is 1. The molecule has 0 radical (unpaired) electrons. The monoisotopic (exact) mass is 473 g/mol. The Bertz CT molecular complexity index is 1180. The minimum atomic E-state index is -3.59. The van der Waals surface area contributed by atoms with E-state index in [1.165, 1.54) is 21.4 Å². The maximum atomic E-state index is 13.5. The Kier molecular flexibility index (Phi) is 5.68. The SMILES string of the molecule is O=C(c1cc(S(=O)(=O)N2CCSCC2)c[nH]1)N1CCc2sccc2C1c1ccccc1. The summed E-state index contributed by atoms with van der Waals surface area (Å²) in [7, 11) is -3.59. The number of carbonyl (C=O) groups is 1. The van der Waals surface area contributed by atoms with Crippen LogP contribution in [0.2, 0.25) is 0 Å². The van der Waals surface area contributed by atoms with Gasteiger partial charge in [-0.15, -0.1) is 11.3 Å². The third-order valence-electron chi connectivity index (χ3n) is 5.84. The number of carbonyl (C=O) groups excluding carboxylic acids is 1. The third-order valence-corrected chi connectivity index (χ3v) is 9.65. The van der Waals surface area contributed by atoms with E-state index in [9.17, 15) is 13.2 Å². The van der Waals surface area contributed by atoms with Crippen molar-refractivity contribution in [2.75, 3.05) is 31.1 Å². The molecule has 2 aliphatic rings. The van der Waals surface area contributed by atoms with Crippen molar-refractivity contribution in [2.45, 2.75) is 17.4 Å². The van der Waals surface area contributed by atoms with Gasteiger partial charge in [-0.05, 0) is 35.1 Å². The smallest absolute Gasteiger partial charge is 0.271 e. The molecule has 3 aromatic rings. The van der Waals surface area contributed by atoms with Gasteiger partial charge in [-0.25, -0.2) is 8.42 Å². The number of fused-ring (bicyclic) bond motifs is 1. The van der Waals surface area contributed by atoms with E-state index in [4.69, 9.17) is 0 Å². The van der Waals surface area contributed by atoms with Gasteiger partial charge in [0.05, 0.1) is 6.04 Å². The van der Waals surface area contributed by atoms with E-state index in [0.717, 1.165) is 29.1 Å². The lowest BCUT2D eigenvalue weighted by molar-refractivity contribution is 0.0690. The highest BCUT2D eigenvalue weighted by Gasteiger charge is 2.35. The average molecular weight is 474 g/mol. The molecule has 4 heterocycles. The van der Waals surface area contributed by atoms with E-state index in [0.29, 0.717) is 25.3 Å². The Hall–Kier alpha value is -2.07. The van der Waals surface area contributed by atoms with Gasteiger partial charge in [0.1, 0.15) is 10.6 Å². The highest BCUT2D eigenvalue weighted by atomic mass is 32.2. The average Bonchev–Trinajstić information content (AvgIpc) is 3.49. The van der Waals surface area contributed by atoms with Gasteiger partial charge >= 0.3 is 0 Å². The normalized spacial score (nSPS) is 19.9. The van der Waals surface area contributed by atoms with Crippen LogP contribution < -0.4 is 0 Å². The van der Waals surface area contributed by atoms with Gasteiger partial charge in [-0.2, -0.15) is 16.1 Å². The van der Waals surface area contributed by atoms with Crippen LogP contribution >= 0.6 is 23.1 Å². The summed E-state index contributed by atoms with van der Waals surface area (Å²) in [5.74, 6) is 1.41. The molecule has 2 aliphatic heterocycles. The molecule has 0 aliphatic carbocycles. The van der Waals surface area contributed by atoms with Crippen LogP contribution in [-0.2, 0) is 16.4 Å². The number of aromatic amines is 1. The number of thiophene rings is 1. The molecule has 31 heavy (non-hydrogen) atoms. The van der Waals surface area contributed by atoms with Crippen molar-refractivity contribution in [1.82, 2.24) is 14.2 Å². The molecule has 9 heteroatoms.